The quantitative estimate of drug-likeness (QED) is 0.135. The van der Waals surface area contributed by atoms with Crippen molar-refractivity contribution in [1.29, 1.82) is 0 Å². The van der Waals surface area contributed by atoms with Crippen LogP contribution in [0.2, 0.25) is 0 Å². The summed E-state index contributed by atoms with van der Waals surface area (Å²) in [6.45, 7) is 5.13. The van der Waals surface area contributed by atoms with Crippen LogP contribution >= 0.6 is 11.3 Å². The van der Waals surface area contributed by atoms with Gasteiger partial charge >= 0.3 is 11.9 Å². The van der Waals surface area contributed by atoms with Crippen molar-refractivity contribution in [2.75, 3.05) is 32.8 Å². The number of aromatic nitrogens is 1. The summed E-state index contributed by atoms with van der Waals surface area (Å²) in [5.74, 6) is -1.62. The fourth-order valence-corrected chi connectivity index (χ4v) is 5.16. The van der Waals surface area contributed by atoms with E-state index in [0.717, 1.165) is 16.2 Å². The molecule has 1 unspecified atom stereocenters. The van der Waals surface area contributed by atoms with E-state index < -0.39 is 29.5 Å². The molecule has 0 aliphatic carbocycles. The number of amides is 1. The van der Waals surface area contributed by atoms with Crippen LogP contribution in [0.4, 0.5) is 5.13 Å². The number of methoxy groups -OCH3 is 3. The molecular weight excluding hydrogens is 524 g/mol. The summed E-state index contributed by atoms with van der Waals surface area (Å²) in [4.78, 5) is 45.3. The van der Waals surface area contributed by atoms with E-state index in [0.29, 0.717) is 28.5 Å². The van der Waals surface area contributed by atoms with Gasteiger partial charge in [0.25, 0.3) is 5.78 Å². The molecule has 39 heavy (non-hydrogen) atoms. The third kappa shape index (κ3) is 5.08. The number of esters is 1. The maximum atomic E-state index is 13.5. The second kappa shape index (κ2) is 11.4. The predicted octanol–water partition coefficient (Wildman–Crippen LogP) is 4.45. The van der Waals surface area contributed by atoms with E-state index in [1.54, 1.807) is 49.4 Å². The van der Waals surface area contributed by atoms with Gasteiger partial charge in [0.15, 0.2) is 16.6 Å². The molecule has 0 saturated carbocycles. The van der Waals surface area contributed by atoms with Gasteiger partial charge in [-0.15, -0.1) is 0 Å². The van der Waals surface area contributed by atoms with Crippen molar-refractivity contribution in [2.24, 2.45) is 0 Å². The van der Waals surface area contributed by atoms with Gasteiger partial charge in [0.1, 0.15) is 23.0 Å². The van der Waals surface area contributed by atoms with Gasteiger partial charge in [0, 0.05) is 5.56 Å². The van der Waals surface area contributed by atoms with Gasteiger partial charge < -0.3 is 24.1 Å². The van der Waals surface area contributed by atoms with E-state index in [1.165, 1.54) is 27.4 Å². The molecule has 11 heteroatoms. The molecule has 2 heterocycles. The number of hydrogen-bond donors (Lipinski definition) is 1. The van der Waals surface area contributed by atoms with Crippen LogP contribution in [0.5, 0.6) is 17.2 Å². The number of hydrogen-bond acceptors (Lipinski definition) is 10. The minimum absolute atomic E-state index is 0.00218. The average Bonchev–Trinajstić information content (AvgIpc) is 3.47. The number of rotatable bonds is 9. The summed E-state index contributed by atoms with van der Waals surface area (Å²) in [6, 6.07) is 10.3. The minimum atomic E-state index is -1.10. The van der Waals surface area contributed by atoms with Crippen molar-refractivity contribution in [1.82, 2.24) is 4.98 Å². The topological polar surface area (TPSA) is 124 Å². The van der Waals surface area contributed by atoms with Crippen molar-refractivity contribution in [3.63, 3.8) is 0 Å². The Morgan fingerprint density at radius 3 is 2.51 bits per heavy atom. The molecule has 4 rings (SSSR count). The van der Waals surface area contributed by atoms with Gasteiger partial charge in [0.2, 0.25) is 0 Å². The zero-order chi connectivity index (χ0) is 28.3. The molecule has 1 aliphatic heterocycles. The molecule has 3 aromatic rings. The van der Waals surface area contributed by atoms with Crippen molar-refractivity contribution >= 4 is 39.9 Å². The lowest BCUT2D eigenvalue weighted by Gasteiger charge is -2.23. The molecule has 1 atom stereocenters. The molecule has 1 N–H and O–H groups in total. The fourth-order valence-electron chi connectivity index (χ4n) is 4.17. The molecule has 10 nitrogen and oxygen atoms in total. The molecular formula is C28H26N2O8S. The van der Waals surface area contributed by atoms with Gasteiger partial charge in [-0.05, 0) is 36.8 Å². The third-order valence-electron chi connectivity index (χ3n) is 6.02. The van der Waals surface area contributed by atoms with Crippen LogP contribution in [-0.2, 0) is 14.3 Å². The van der Waals surface area contributed by atoms with E-state index in [2.05, 4.69) is 11.6 Å². The lowest BCUT2D eigenvalue weighted by molar-refractivity contribution is -0.132. The van der Waals surface area contributed by atoms with Gasteiger partial charge in [-0.1, -0.05) is 42.2 Å². The number of benzene rings is 2. The second-order valence-electron chi connectivity index (χ2n) is 8.31. The van der Waals surface area contributed by atoms with Gasteiger partial charge in [-0.25, -0.2) is 9.78 Å². The normalized spacial score (nSPS) is 16.2. The average molecular weight is 551 g/mol. The highest BCUT2D eigenvalue weighted by atomic mass is 32.1. The number of Topliss-reactive ketones (excluding diaryl/α,β-unsaturated/α-hetero) is 1. The Bertz CT molecular complexity index is 1490. The summed E-state index contributed by atoms with van der Waals surface area (Å²) >= 11 is 0.906. The van der Waals surface area contributed by atoms with Crippen molar-refractivity contribution in [2.45, 2.75) is 13.0 Å². The largest absolute Gasteiger partial charge is 0.507 e. The number of thiazole rings is 1. The summed E-state index contributed by atoms with van der Waals surface area (Å²) in [5.41, 5.74) is 0.885. The number of aliphatic hydroxyl groups excluding tert-OH is 1. The number of ketones is 1. The molecule has 0 spiro atoms. The number of anilines is 1. The Balaban J connectivity index is 1.93. The molecule has 1 saturated heterocycles. The highest BCUT2D eigenvalue weighted by Crippen LogP contribution is 2.45. The van der Waals surface area contributed by atoms with E-state index in [9.17, 15) is 19.5 Å². The fraction of sp³-hybridized carbons (Fsp3) is 0.214. The monoisotopic (exact) mass is 550 g/mol. The number of aryl methyl sites for hydroxylation is 1. The Labute approximate surface area is 228 Å². The molecule has 2 aromatic carbocycles. The number of carbonyl (C=O) groups excluding carboxylic acids is 3. The van der Waals surface area contributed by atoms with Crippen LogP contribution in [0.25, 0.3) is 5.76 Å². The molecule has 1 aromatic heterocycles. The minimum Gasteiger partial charge on any atom is -0.507 e. The Hall–Kier alpha value is -4.64. The first-order chi connectivity index (χ1) is 18.7. The van der Waals surface area contributed by atoms with E-state index in [-0.39, 0.29) is 27.8 Å². The first-order valence-corrected chi connectivity index (χ1v) is 12.5. The van der Waals surface area contributed by atoms with Crippen molar-refractivity contribution in [3.8, 4) is 17.2 Å². The van der Waals surface area contributed by atoms with Crippen LogP contribution in [0.15, 0.2) is 60.7 Å². The summed E-state index contributed by atoms with van der Waals surface area (Å²) < 4.78 is 21.2. The van der Waals surface area contributed by atoms with Crippen LogP contribution in [-0.4, -0.2) is 55.7 Å². The van der Waals surface area contributed by atoms with E-state index in [1.807, 2.05) is 0 Å². The third-order valence-corrected chi connectivity index (χ3v) is 7.16. The van der Waals surface area contributed by atoms with Crippen LogP contribution in [0.1, 0.15) is 32.5 Å². The van der Waals surface area contributed by atoms with Gasteiger partial charge in [-0.3, -0.25) is 14.5 Å². The zero-order valence-electron chi connectivity index (χ0n) is 21.7. The van der Waals surface area contributed by atoms with Crippen LogP contribution in [0, 0.1) is 6.92 Å². The standard InChI is InChI=1S/C28H26N2O8S/c1-6-12-38-27(34)25-15(2)29-28(39-25)30-22(16-10-11-19(36-4)20(14-16)37-5)21(24(32)26(30)33)23(31)17-8-7-9-18(13-17)35-3/h6-11,13-14,22,31H,1,12H2,2-5H3/b23-21+. The second-order valence-corrected chi connectivity index (χ2v) is 9.29. The maximum Gasteiger partial charge on any atom is 0.350 e. The molecule has 202 valence electrons. The Kier molecular flexibility index (Phi) is 8.01. The Morgan fingerprint density at radius 2 is 1.85 bits per heavy atom. The predicted molar refractivity (Wildman–Crippen MR) is 145 cm³/mol. The van der Waals surface area contributed by atoms with Gasteiger partial charge in [-0.2, -0.15) is 0 Å². The van der Waals surface area contributed by atoms with Crippen LogP contribution in [0.3, 0.4) is 0 Å². The molecule has 0 radical (unpaired) electrons. The highest BCUT2D eigenvalue weighted by Gasteiger charge is 2.48. The summed E-state index contributed by atoms with van der Waals surface area (Å²) in [6.07, 6.45) is 1.43. The summed E-state index contributed by atoms with van der Waals surface area (Å²) in [7, 11) is 4.42. The SMILES string of the molecule is C=CCOC(=O)c1sc(N2C(=O)C(=O)/C(=C(/O)c3cccc(OC)c3)C2c2ccc(OC)c(OC)c2)nc1C. The number of aliphatic hydroxyl groups is 1. The maximum absolute atomic E-state index is 13.5. The zero-order valence-corrected chi connectivity index (χ0v) is 22.5. The first kappa shape index (κ1) is 27.4. The number of ether oxygens (including phenoxy) is 4. The molecule has 1 amide bonds. The van der Waals surface area contributed by atoms with E-state index in [4.69, 9.17) is 18.9 Å². The number of carbonyl (C=O) groups is 3. The smallest absolute Gasteiger partial charge is 0.350 e. The van der Waals surface area contributed by atoms with Crippen molar-refractivity contribution < 1.29 is 38.4 Å². The summed E-state index contributed by atoms with van der Waals surface area (Å²) in [5, 5.41) is 11.5. The lowest BCUT2D eigenvalue weighted by atomic mass is 9.95. The first-order valence-electron chi connectivity index (χ1n) is 11.7. The Morgan fingerprint density at radius 1 is 1.10 bits per heavy atom. The molecule has 0 bridgehead atoms. The molecule has 1 fully saturated rings. The molecule has 1 aliphatic rings. The highest BCUT2D eigenvalue weighted by molar-refractivity contribution is 7.17. The lowest BCUT2D eigenvalue weighted by Crippen LogP contribution is -2.29. The van der Waals surface area contributed by atoms with E-state index >= 15 is 0 Å². The number of nitrogens with zero attached hydrogens (tertiary/aromatic N) is 2. The van der Waals surface area contributed by atoms with Gasteiger partial charge in [0.05, 0.1) is 38.6 Å². The van der Waals surface area contributed by atoms with Crippen LogP contribution < -0.4 is 19.1 Å². The van der Waals surface area contributed by atoms with Crippen molar-refractivity contribution in [3.05, 3.63) is 82.4 Å².